The second kappa shape index (κ2) is 9.30. The maximum absolute atomic E-state index is 10.9. The lowest BCUT2D eigenvalue weighted by atomic mass is 9.68. The third kappa shape index (κ3) is 4.71. The van der Waals surface area contributed by atoms with Crippen LogP contribution in [0.5, 0.6) is 5.75 Å². The van der Waals surface area contributed by atoms with Crippen molar-refractivity contribution in [3.8, 4) is 5.75 Å². The summed E-state index contributed by atoms with van der Waals surface area (Å²) >= 11 is 0. The molecule has 4 nitrogen and oxygen atoms in total. The predicted molar refractivity (Wildman–Crippen MR) is 113 cm³/mol. The lowest BCUT2D eigenvalue weighted by Gasteiger charge is -2.42. The van der Waals surface area contributed by atoms with Crippen LogP contribution >= 0.6 is 0 Å². The summed E-state index contributed by atoms with van der Waals surface area (Å²) in [7, 11) is 0. The van der Waals surface area contributed by atoms with E-state index in [9.17, 15) is 4.79 Å². The number of hydrogen-bond donors (Lipinski definition) is 2. The number of nitrogens with two attached hydrogens (primary N) is 1. The number of carbonyl (C=O) groups is 1. The summed E-state index contributed by atoms with van der Waals surface area (Å²) in [5.74, 6) is 1.67. The number of rotatable bonds is 10. The van der Waals surface area contributed by atoms with E-state index in [0.29, 0.717) is 11.8 Å². The lowest BCUT2D eigenvalue weighted by molar-refractivity contribution is -0.139. The summed E-state index contributed by atoms with van der Waals surface area (Å²) < 4.78 is 5.56. The molecule has 0 aromatic heterocycles. The Bertz CT molecular complexity index is 674. The Morgan fingerprint density at radius 3 is 2.89 bits per heavy atom. The molecule has 0 aliphatic heterocycles. The van der Waals surface area contributed by atoms with Gasteiger partial charge in [-0.05, 0) is 67.1 Å². The minimum atomic E-state index is -0.935. The van der Waals surface area contributed by atoms with Crippen molar-refractivity contribution in [3.05, 3.63) is 29.3 Å². The number of carboxylic acids is 1. The molecule has 0 saturated heterocycles. The van der Waals surface area contributed by atoms with Crippen molar-refractivity contribution in [3.63, 3.8) is 0 Å². The van der Waals surface area contributed by atoms with Crippen LogP contribution in [0.4, 0.5) is 0 Å². The highest BCUT2D eigenvalue weighted by molar-refractivity contribution is 5.68. The van der Waals surface area contributed by atoms with E-state index in [4.69, 9.17) is 15.6 Å². The number of fused-ring (bicyclic) bond motifs is 2. The monoisotopic (exact) mass is 387 g/mol. The molecule has 1 aromatic carbocycles. The smallest absolute Gasteiger partial charge is 0.341 e. The average molecular weight is 388 g/mol. The van der Waals surface area contributed by atoms with Crippen LogP contribution in [0, 0.1) is 17.8 Å². The SMILES string of the molecule is CCCCCC(C)CCC1CCC2Cc3c(cccc3OCC(=O)O)CC12N. The van der Waals surface area contributed by atoms with E-state index < -0.39 is 5.97 Å². The fourth-order valence-electron chi connectivity index (χ4n) is 5.50. The largest absolute Gasteiger partial charge is 0.482 e. The Balaban J connectivity index is 1.64. The van der Waals surface area contributed by atoms with E-state index in [1.54, 1.807) is 0 Å². The van der Waals surface area contributed by atoms with E-state index in [1.807, 2.05) is 12.1 Å². The first-order chi connectivity index (χ1) is 13.4. The highest BCUT2D eigenvalue weighted by Crippen LogP contribution is 2.49. The molecule has 156 valence electrons. The molecule has 3 N–H and O–H groups in total. The van der Waals surface area contributed by atoms with Gasteiger partial charge in [0.1, 0.15) is 5.75 Å². The number of carboxylic acid groups (broad SMARTS) is 1. The number of unbranched alkanes of at least 4 members (excludes halogenated alkanes) is 2. The summed E-state index contributed by atoms with van der Waals surface area (Å²) in [6, 6.07) is 6.02. The molecule has 0 heterocycles. The van der Waals surface area contributed by atoms with Crippen LogP contribution in [0.2, 0.25) is 0 Å². The second-order valence-electron chi connectivity index (χ2n) is 9.22. The highest BCUT2D eigenvalue weighted by atomic mass is 16.5. The van der Waals surface area contributed by atoms with E-state index in [2.05, 4.69) is 19.9 Å². The molecule has 4 heteroatoms. The molecule has 2 aliphatic rings. The zero-order valence-electron chi connectivity index (χ0n) is 17.6. The molecule has 4 atom stereocenters. The van der Waals surface area contributed by atoms with Gasteiger partial charge in [0.05, 0.1) is 0 Å². The molecule has 1 aromatic rings. The molecule has 3 rings (SSSR count). The van der Waals surface area contributed by atoms with Gasteiger partial charge in [0.25, 0.3) is 0 Å². The van der Waals surface area contributed by atoms with Crippen LogP contribution in [-0.2, 0) is 17.6 Å². The standard InChI is InChI=1S/C24H37NO3/c1-3-4-5-7-17(2)10-11-19-12-13-20-14-21-18(15-24(19,20)25)8-6-9-22(21)28-16-23(26)27/h6,8-9,17,19-20H,3-5,7,10-16,25H2,1-2H3,(H,26,27). The first-order valence-corrected chi connectivity index (χ1v) is 11.2. The first kappa shape index (κ1) is 21.2. The number of benzene rings is 1. The van der Waals surface area contributed by atoms with E-state index in [0.717, 1.165) is 24.5 Å². The van der Waals surface area contributed by atoms with E-state index >= 15 is 0 Å². The van der Waals surface area contributed by atoms with E-state index in [1.165, 1.54) is 62.5 Å². The van der Waals surface area contributed by atoms with Crippen molar-refractivity contribution in [2.24, 2.45) is 23.5 Å². The fourth-order valence-corrected chi connectivity index (χ4v) is 5.50. The maximum atomic E-state index is 10.9. The Labute approximate surface area is 169 Å². The van der Waals surface area contributed by atoms with Crippen LogP contribution < -0.4 is 10.5 Å². The van der Waals surface area contributed by atoms with Gasteiger partial charge in [-0.2, -0.15) is 0 Å². The molecule has 2 aliphatic carbocycles. The molecule has 0 radical (unpaired) electrons. The molecule has 0 spiro atoms. The number of ether oxygens (including phenoxy) is 1. The van der Waals surface area contributed by atoms with Crippen molar-refractivity contribution in [2.45, 2.75) is 83.6 Å². The van der Waals surface area contributed by atoms with Crippen molar-refractivity contribution in [2.75, 3.05) is 6.61 Å². The zero-order chi connectivity index (χ0) is 20.1. The summed E-state index contributed by atoms with van der Waals surface area (Å²) in [4.78, 5) is 10.9. The second-order valence-corrected chi connectivity index (χ2v) is 9.22. The third-order valence-electron chi connectivity index (χ3n) is 7.22. The summed E-state index contributed by atoms with van der Waals surface area (Å²) in [6.07, 6.45) is 12.1. The van der Waals surface area contributed by atoms with Gasteiger partial charge >= 0.3 is 5.97 Å². The molecule has 28 heavy (non-hydrogen) atoms. The zero-order valence-corrected chi connectivity index (χ0v) is 17.6. The van der Waals surface area contributed by atoms with Gasteiger partial charge in [-0.1, -0.05) is 58.1 Å². The minimum Gasteiger partial charge on any atom is -0.482 e. The molecular formula is C24H37NO3. The summed E-state index contributed by atoms with van der Waals surface area (Å²) in [5, 5.41) is 8.93. The molecule has 0 amide bonds. The molecule has 1 fully saturated rings. The van der Waals surface area contributed by atoms with Gasteiger partial charge in [0.2, 0.25) is 0 Å². The fraction of sp³-hybridized carbons (Fsp3) is 0.708. The average Bonchev–Trinajstić information content (AvgIpc) is 2.98. The first-order valence-electron chi connectivity index (χ1n) is 11.2. The van der Waals surface area contributed by atoms with Crippen molar-refractivity contribution in [1.82, 2.24) is 0 Å². The molecular weight excluding hydrogens is 350 g/mol. The van der Waals surface area contributed by atoms with Crippen molar-refractivity contribution >= 4 is 5.97 Å². The van der Waals surface area contributed by atoms with Gasteiger partial charge in [-0.3, -0.25) is 0 Å². The van der Waals surface area contributed by atoms with E-state index in [-0.39, 0.29) is 12.1 Å². The van der Waals surface area contributed by atoms with Crippen LogP contribution in [0.1, 0.15) is 76.3 Å². The quantitative estimate of drug-likeness (QED) is 0.556. The molecule has 4 unspecified atom stereocenters. The third-order valence-corrected chi connectivity index (χ3v) is 7.22. The lowest BCUT2D eigenvalue weighted by Crippen LogP contribution is -2.53. The molecule has 1 saturated carbocycles. The van der Waals surface area contributed by atoms with Gasteiger partial charge in [0.15, 0.2) is 6.61 Å². The van der Waals surface area contributed by atoms with Gasteiger partial charge in [-0.25, -0.2) is 4.79 Å². The van der Waals surface area contributed by atoms with Gasteiger partial charge in [0, 0.05) is 5.54 Å². The summed E-state index contributed by atoms with van der Waals surface area (Å²) in [6.45, 7) is 4.38. The van der Waals surface area contributed by atoms with Crippen molar-refractivity contribution < 1.29 is 14.6 Å². The van der Waals surface area contributed by atoms with Crippen molar-refractivity contribution in [1.29, 1.82) is 0 Å². The van der Waals surface area contributed by atoms with Crippen LogP contribution in [-0.4, -0.2) is 23.2 Å². The number of hydrogen-bond acceptors (Lipinski definition) is 3. The Hall–Kier alpha value is -1.55. The highest BCUT2D eigenvalue weighted by Gasteiger charge is 2.49. The topological polar surface area (TPSA) is 72.5 Å². The number of aliphatic carboxylic acids is 1. The van der Waals surface area contributed by atoms with Crippen LogP contribution in [0.15, 0.2) is 18.2 Å². The Kier molecular flexibility index (Phi) is 7.03. The van der Waals surface area contributed by atoms with Gasteiger partial charge < -0.3 is 15.6 Å². The maximum Gasteiger partial charge on any atom is 0.341 e. The van der Waals surface area contributed by atoms with Crippen LogP contribution in [0.3, 0.4) is 0 Å². The van der Waals surface area contributed by atoms with Crippen LogP contribution in [0.25, 0.3) is 0 Å². The predicted octanol–water partition coefficient (Wildman–Crippen LogP) is 4.97. The normalized spacial score (nSPS) is 27.1. The molecule has 0 bridgehead atoms. The van der Waals surface area contributed by atoms with Gasteiger partial charge in [-0.15, -0.1) is 0 Å². The summed E-state index contributed by atoms with van der Waals surface area (Å²) in [5.41, 5.74) is 9.40. The minimum absolute atomic E-state index is 0.110. The Morgan fingerprint density at radius 2 is 2.14 bits per heavy atom. The Morgan fingerprint density at radius 1 is 1.32 bits per heavy atom.